The van der Waals surface area contributed by atoms with Gasteiger partial charge in [0.25, 0.3) is 5.91 Å². The molecule has 0 atom stereocenters. The SMILES string of the molecule is COc1ccc(NC(=O)c2ccc3ncsc3c2)cc1OC. The highest BCUT2D eigenvalue weighted by Crippen LogP contribution is 2.30. The minimum Gasteiger partial charge on any atom is -0.493 e. The van der Waals surface area contributed by atoms with Crippen LogP contribution in [0.2, 0.25) is 0 Å². The van der Waals surface area contributed by atoms with E-state index in [9.17, 15) is 4.79 Å². The number of fused-ring (bicyclic) bond motifs is 1. The molecule has 0 bridgehead atoms. The molecule has 22 heavy (non-hydrogen) atoms. The number of methoxy groups -OCH3 is 2. The number of thiazole rings is 1. The van der Waals surface area contributed by atoms with E-state index in [0.717, 1.165) is 10.2 Å². The van der Waals surface area contributed by atoms with Crippen molar-refractivity contribution in [2.45, 2.75) is 0 Å². The molecule has 0 spiro atoms. The number of anilines is 1. The van der Waals surface area contributed by atoms with Gasteiger partial charge in [-0.25, -0.2) is 4.98 Å². The molecule has 1 heterocycles. The molecule has 2 aromatic carbocycles. The van der Waals surface area contributed by atoms with E-state index in [1.54, 1.807) is 44.0 Å². The number of amides is 1. The maximum absolute atomic E-state index is 12.3. The van der Waals surface area contributed by atoms with Gasteiger partial charge in [-0.3, -0.25) is 4.79 Å². The van der Waals surface area contributed by atoms with Crippen molar-refractivity contribution in [3.63, 3.8) is 0 Å². The van der Waals surface area contributed by atoms with Crippen LogP contribution in [0.4, 0.5) is 5.69 Å². The summed E-state index contributed by atoms with van der Waals surface area (Å²) < 4.78 is 11.4. The summed E-state index contributed by atoms with van der Waals surface area (Å²) in [6.07, 6.45) is 0. The molecule has 1 amide bonds. The minimum absolute atomic E-state index is 0.178. The van der Waals surface area contributed by atoms with Crippen molar-refractivity contribution >= 4 is 33.1 Å². The normalized spacial score (nSPS) is 10.5. The number of nitrogens with zero attached hydrogens (tertiary/aromatic N) is 1. The Balaban J connectivity index is 1.84. The Labute approximate surface area is 131 Å². The number of nitrogens with one attached hydrogen (secondary N) is 1. The molecule has 0 saturated heterocycles. The first-order valence-corrected chi connectivity index (χ1v) is 7.46. The van der Waals surface area contributed by atoms with Crippen molar-refractivity contribution in [3.8, 4) is 11.5 Å². The van der Waals surface area contributed by atoms with Gasteiger partial charge < -0.3 is 14.8 Å². The van der Waals surface area contributed by atoms with Crippen LogP contribution in [0.25, 0.3) is 10.2 Å². The molecule has 1 aromatic heterocycles. The molecule has 0 unspecified atom stereocenters. The number of rotatable bonds is 4. The molecule has 1 N–H and O–H groups in total. The minimum atomic E-state index is -0.178. The number of carbonyl (C=O) groups excluding carboxylic acids is 1. The van der Waals surface area contributed by atoms with Gasteiger partial charge >= 0.3 is 0 Å². The van der Waals surface area contributed by atoms with Gasteiger partial charge in [-0.05, 0) is 30.3 Å². The van der Waals surface area contributed by atoms with Gasteiger partial charge in [0.1, 0.15) is 0 Å². The monoisotopic (exact) mass is 314 g/mol. The largest absolute Gasteiger partial charge is 0.493 e. The van der Waals surface area contributed by atoms with E-state index >= 15 is 0 Å². The number of hydrogen-bond donors (Lipinski definition) is 1. The first-order chi connectivity index (χ1) is 10.7. The van der Waals surface area contributed by atoms with E-state index in [1.165, 1.54) is 11.3 Å². The standard InChI is InChI=1S/C16H14N2O3S/c1-20-13-6-4-11(8-14(13)21-2)18-16(19)10-3-5-12-15(7-10)22-9-17-12/h3-9H,1-2H3,(H,18,19). The van der Waals surface area contributed by atoms with Crippen LogP contribution < -0.4 is 14.8 Å². The predicted molar refractivity (Wildman–Crippen MR) is 87.1 cm³/mol. The number of ether oxygens (including phenoxy) is 2. The van der Waals surface area contributed by atoms with Crippen LogP contribution in [-0.4, -0.2) is 25.1 Å². The number of carbonyl (C=O) groups is 1. The third kappa shape index (κ3) is 2.73. The zero-order valence-electron chi connectivity index (χ0n) is 12.1. The van der Waals surface area contributed by atoms with Gasteiger partial charge in [0.2, 0.25) is 0 Å². The molecular weight excluding hydrogens is 300 g/mol. The van der Waals surface area contributed by atoms with Gasteiger partial charge in [0.05, 0.1) is 29.9 Å². The Morgan fingerprint density at radius 2 is 1.91 bits per heavy atom. The Hall–Kier alpha value is -2.60. The molecule has 3 rings (SSSR count). The summed E-state index contributed by atoms with van der Waals surface area (Å²) in [5, 5.41) is 2.85. The van der Waals surface area contributed by atoms with Crippen LogP contribution >= 0.6 is 11.3 Å². The van der Waals surface area contributed by atoms with Crippen molar-refractivity contribution < 1.29 is 14.3 Å². The van der Waals surface area contributed by atoms with Crippen LogP contribution in [0.3, 0.4) is 0 Å². The fourth-order valence-electron chi connectivity index (χ4n) is 2.11. The van der Waals surface area contributed by atoms with Crippen molar-refractivity contribution in [3.05, 3.63) is 47.5 Å². The molecule has 0 radical (unpaired) electrons. The molecule has 5 nitrogen and oxygen atoms in total. The highest BCUT2D eigenvalue weighted by atomic mass is 32.1. The van der Waals surface area contributed by atoms with Gasteiger partial charge in [0.15, 0.2) is 11.5 Å². The number of aromatic nitrogens is 1. The first kappa shape index (κ1) is 14.3. The molecule has 0 fully saturated rings. The molecular formula is C16H14N2O3S. The van der Waals surface area contributed by atoms with Crippen molar-refractivity contribution in [1.29, 1.82) is 0 Å². The molecule has 0 aliphatic heterocycles. The second-order valence-electron chi connectivity index (χ2n) is 4.56. The Morgan fingerprint density at radius 3 is 2.68 bits per heavy atom. The lowest BCUT2D eigenvalue weighted by Gasteiger charge is -2.10. The van der Waals surface area contributed by atoms with E-state index in [2.05, 4.69) is 10.3 Å². The third-order valence-corrected chi connectivity index (χ3v) is 4.03. The van der Waals surface area contributed by atoms with Crippen LogP contribution in [0.1, 0.15) is 10.4 Å². The third-order valence-electron chi connectivity index (χ3n) is 3.23. The lowest BCUT2D eigenvalue weighted by atomic mass is 10.2. The smallest absolute Gasteiger partial charge is 0.255 e. The second-order valence-corrected chi connectivity index (χ2v) is 5.45. The van der Waals surface area contributed by atoms with Gasteiger partial charge in [-0.15, -0.1) is 11.3 Å². The molecule has 0 saturated carbocycles. The average molecular weight is 314 g/mol. The van der Waals surface area contributed by atoms with Crippen LogP contribution in [0.5, 0.6) is 11.5 Å². The highest BCUT2D eigenvalue weighted by molar-refractivity contribution is 7.16. The zero-order chi connectivity index (χ0) is 15.5. The Bertz CT molecular complexity index is 829. The summed E-state index contributed by atoms with van der Waals surface area (Å²) in [4.78, 5) is 16.5. The van der Waals surface area contributed by atoms with Crippen LogP contribution in [0.15, 0.2) is 41.9 Å². The van der Waals surface area contributed by atoms with Crippen LogP contribution in [0, 0.1) is 0 Å². The van der Waals surface area contributed by atoms with Crippen LogP contribution in [-0.2, 0) is 0 Å². The molecule has 6 heteroatoms. The predicted octanol–water partition coefficient (Wildman–Crippen LogP) is 3.57. The number of hydrogen-bond acceptors (Lipinski definition) is 5. The topological polar surface area (TPSA) is 60.5 Å². The lowest BCUT2D eigenvalue weighted by Crippen LogP contribution is -2.11. The maximum atomic E-state index is 12.3. The summed E-state index contributed by atoms with van der Waals surface area (Å²) in [6.45, 7) is 0. The van der Waals surface area contributed by atoms with Crippen molar-refractivity contribution in [2.24, 2.45) is 0 Å². The first-order valence-electron chi connectivity index (χ1n) is 6.58. The average Bonchev–Trinajstić information content (AvgIpc) is 3.02. The van der Waals surface area contributed by atoms with Gasteiger partial charge in [0, 0.05) is 17.3 Å². The molecule has 0 aliphatic carbocycles. The molecule has 3 aromatic rings. The van der Waals surface area contributed by atoms with Gasteiger partial charge in [-0.1, -0.05) is 0 Å². The summed E-state index contributed by atoms with van der Waals surface area (Å²) in [7, 11) is 3.13. The van der Waals surface area contributed by atoms with Crippen molar-refractivity contribution in [1.82, 2.24) is 4.98 Å². The summed E-state index contributed by atoms with van der Waals surface area (Å²) >= 11 is 1.51. The van der Waals surface area contributed by atoms with E-state index in [1.807, 2.05) is 12.1 Å². The fourth-order valence-corrected chi connectivity index (χ4v) is 2.83. The lowest BCUT2D eigenvalue weighted by molar-refractivity contribution is 0.102. The maximum Gasteiger partial charge on any atom is 0.255 e. The van der Waals surface area contributed by atoms with E-state index in [4.69, 9.17) is 9.47 Å². The summed E-state index contributed by atoms with van der Waals surface area (Å²) in [5.41, 5.74) is 3.90. The fraction of sp³-hybridized carbons (Fsp3) is 0.125. The summed E-state index contributed by atoms with van der Waals surface area (Å²) in [6, 6.07) is 10.7. The molecule has 0 aliphatic rings. The zero-order valence-corrected chi connectivity index (χ0v) is 12.9. The number of benzene rings is 2. The Morgan fingerprint density at radius 1 is 1.09 bits per heavy atom. The Kier molecular flexibility index (Phi) is 3.93. The van der Waals surface area contributed by atoms with Crippen molar-refractivity contribution in [2.75, 3.05) is 19.5 Å². The van der Waals surface area contributed by atoms with E-state index < -0.39 is 0 Å². The quantitative estimate of drug-likeness (QED) is 0.800. The van der Waals surface area contributed by atoms with E-state index in [0.29, 0.717) is 22.7 Å². The highest BCUT2D eigenvalue weighted by Gasteiger charge is 2.10. The van der Waals surface area contributed by atoms with E-state index in [-0.39, 0.29) is 5.91 Å². The molecule has 112 valence electrons. The van der Waals surface area contributed by atoms with Gasteiger partial charge in [-0.2, -0.15) is 0 Å². The second kappa shape index (κ2) is 6.03. The summed E-state index contributed by atoms with van der Waals surface area (Å²) in [5.74, 6) is 1.01.